The molecule has 1 aromatic carbocycles. The van der Waals surface area contributed by atoms with Gasteiger partial charge in [0.05, 0.1) is 14.2 Å². The fourth-order valence-electron chi connectivity index (χ4n) is 2.12. The lowest BCUT2D eigenvalue weighted by atomic mass is 10.1. The number of amides is 1. The van der Waals surface area contributed by atoms with Gasteiger partial charge in [0, 0.05) is 0 Å². The Hall–Kier alpha value is -2.87. The Labute approximate surface area is 150 Å². The van der Waals surface area contributed by atoms with Crippen molar-refractivity contribution in [1.29, 1.82) is 0 Å². The van der Waals surface area contributed by atoms with E-state index in [2.05, 4.69) is 16.6 Å². The first-order chi connectivity index (χ1) is 12.0. The van der Waals surface area contributed by atoms with E-state index < -0.39 is 11.9 Å². The standard InChI is InChI=1S/C17H18N2O5S/c1-4-7-24-13-6-5-11(9-14(13)22-2)8-12-16(21)19(17(25)18-12)10-15(20)23-3/h4-6,8-9H,1,7,10H2,2-3H3,(H,18,25)/b12-8-. The third-order valence-corrected chi connectivity index (χ3v) is 3.66. The van der Waals surface area contributed by atoms with Gasteiger partial charge in [0.15, 0.2) is 16.6 Å². The van der Waals surface area contributed by atoms with Crippen LogP contribution < -0.4 is 14.8 Å². The maximum atomic E-state index is 12.4. The van der Waals surface area contributed by atoms with Gasteiger partial charge >= 0.3 is 5.97 Å². The average Bonchev–Trinajstić information content (AvgIpc) is 2.87. The van der Waals surface area contributed by atoms with Crippen molar-refractivity contribution in [3.8, 4) is 11.5 Å². The molecule has 0 unspecified atom stereocenters. The molecule has 1 aromatic rings. The molecule has 8 heteroatoms. The molecule has 25 heavy (non-hydrogen) atoms. The molecule has 1 N–H and O–H groups in total. The third kappa shape index (κ3) is 4.36. The maximum Gasteiger partial charge on any atom is 0.325 e. The van der Waals surface area contributed by atoms with Crippen LogP contribution in [0.25, 0.3) is 6.08 Å². The van der Waals surface area contributed by atoms with Gasteiger partial charge in [-0.25, -0.2) is 0 Å². The first kappa shape index (κ1) is 18.5. The summed E-state index contributed by atoms with van der Waals surface area (Å²) in [6.07, 6.45) is 3.25. The van der Waals surface area contributed by atoms with Crippen LogP contribution in [0.15, 0.2) is 36.6 Å². The lowest BCUT2D eigenvalue weighted by molar-refractivity contribution is -0.143. The van der Waals surface area contributed by atoms with Crippen LogP contribution in [-0.4, -0.2) is 49.3 Å². The smallest absolute Gasteiger partial charge is 0.325 e. The number of hydrogen-bond acceptors (Lipinski definition) is 6. The first-order valence-electron chi connectivity index (χ1n) is 7.33. The van der Waals surface area contributed by atoms with Gasteiger partial charge < -0.3 is 19.5 Å². The monoisotopic (exact) mass is 362 g/mol. The molecule has 132 valence electrons. The molecule has 2 rings (SSSR count). The molecule has 0 aromatic heterocycles. The predicted molar refractivity (Wildman–Crippen MR) is 96.1 cm³/mol. The molecule has 7 nitrogen and oxygen atoms in total. The molecule has 0 bridgehead atoms. The molecular weight excluding hydrogens is 344 g/mol. The van der Waals surface area contributed by atoms with Crippen LogP contribution in [0.3, 0.4) is 0 Å². The van der Waals surface area contributed by atoms with Gasteiger partial charge in [-0.15, -0.1) is 0 Å². The number of nitrogens with zero attached hydrogens (tertiary/aromatic N) is 1. The van der Waals surface area contributed by atoms with Crippen molar-refractivity contribution in [3.05, 3.63) is 42.1 Å². The van der Waals surface area contributed by atoms with Crippen LogP contribution >= 0.6 is 12.2 Å². The predicted octanol–water partition coefficient (Wildman–Crippen LogP) is 1.49. The summed E-state index contributed by atoms with van der Waals surface area (Å²) in [7, 11) is 2.78. The van der Waals surface area contributed by atoms with E-state index in [1.54, 1.807) is 30.4 Å². The first-order valence-corrected chi connectivity index (χ1v) is 7.74. The highest BCUT2D eigenvalue weighted by molar-refractivity contribution is 7.80. The number of carbonyl (C=O) groups excluding carboxylic acids is 2. The fourth-order valence-corrected chi connectivity index (χ4v) is 2.37. The lowest BCUT2D eigenvalue weighted by Gasteiger charge is -2.11. The van der Waals surface area contributed by atoms with Gasteiger partial charge in [0.25, 0.3) is 5.91 Å². The van der Waals surface area contributed by atoms with Gasteiger partial charge in [-0.1, -0.05) is 18.7 Å². The van der Waals surface area contributed by atoms with Crippen LogP contribution in [0, 0.1) is 0 Å². The van der Waals surface area contributed by atoms with Crippen molar-refractivity contribution in [2.45, 2.75) is 0 Å². The van der Waals surface area contributed by atoms with E-state index in [0.717, 1.165) is 4.90 Å². The van der Waals surface area contributed by atoms with E-state index in [4.69, 9.17) is 21.7 Å². The zero-order chi connectivity index (χ0) is 18.4. The largest absolute Gasteiger partial charge is 0.493 e. The Balaban J connectivity index is 2.22. The molecule has 0 spiro atoms. The second-order valence-electron chi connectivity index (χ2n) is 4.97. The highest BCUT2D eigenvalue weighted by Crippen LogP contribution is 2.29. The minimum absolute atomic E-state index is 0.152. The number of esters is 1. The van der Waals surface area contributed by atoms with Gasteiger partial charge in [-0.05, 0) is 36.0 Å². The Kier molecular flexibility index (Phi) is 6.13. The number of ether oxygens (including phenoxy) is 3. The van der Waals surface area contributed by atoms with Crippen LogP contribution in [-0.2, 0) is 14.3 Å². The summed E-state index contributed by atoms with van der Waals surface area (Å²) in [5, 5.41) is 2.95. The molecule has 1 fully saturated rings. The van der Waals surface area contributed by atoms with Gasteiger partial charge in [-0.2, -0.15) is 0 Å². The van der Waals surface area contributed by atoms with Gasteiger partial charge in [0.2, 0.25) is 0 Å². The lowest BCUT2D eigenvalue weighted by Crippen LogP contribution is -2.35. The van der Waals surface area contributed by atoms with Crippen molar-refractivity contribution < 1.29 is 23.8 Å². The highest BCUT2D eigenvalue weighted by atomic mass is 32.1. The molecule has 1 saturated heterocycles. The molecule has 0 atom stereocenters. The average molecular weight is 362 g/mol. The number of thiocarbonyl (C=S) groups is 1. The Morgan fingerprint density at radius 1 is 1.36 bits per heavy atom. The third-order valence-electron chi connectivity index (χ3n) is 3.33. The second kappa shape index (κ2) is 8.29. The summed E-state index contributed by atoms with van der Waals surface area (Å²) >= 11 is 5.09. The summed E-state index contributed by atoms with van der Waals surface area (Å²) in [6, 6.07) is 5.24. The van der Waals surface area contributed by atoms with Crippen LogP contribution in [0.2, 0.25) is 0 Å². The van der Waals surface area contributed by atoms with E-state index in [1.807, 2.05) is 0 Å². The fraction of sp³-hybridized carbons (Fsp3) is 0.235. The van der Waals surface area contributed by atoms with Crippen LogP contribution in [0.4, 0.5) is 0 Å². The zero-order valence-corrected chi connectivity index (χ0v) is 14.7. The number of nitrogens with one attached hydrogen (secondary N) is 1. The Bertz CT molecular complexity index is 745. The van der Waals surface area contributed by atoms with Crippen LogP contribution in [0.1, 0.15) is 5.56 Å². The maximum absolute atomic E-state index is 12.4. The van der Waals surface area contributed by atoms with Crippen molar-refractivity contribution in [2.75, 3.05) is 27.4 Å². The highest BCUT2D eigenvalue weighted by Gasteiger charge is 2.32. The molecule has 1 heterocycles. The van der Waals surface area contributed by atoms with E-state index >= 15 is 0 Å². The topological polar surface area (TPSA) is 77.1 Å². The number of rotatable bonds is 7. The van der Waals surface area contributed by atoms with E-state index in [1.165, 1.54) is 14.2 Å². The van der Waals surface area contributed by atoms with E-state index in [-0.39, 0.29) is 17.4 Å². The summed E-state index contributed by atoms with van der Waals surface area (Å²) < 4.78 is 15.3. The van der Waals surface area contributed by atoms with E-state index in [9.17, 15) is 9.59 Å². The quantitative estimate of drug-likeness (QED) is 0.341. The molecule has 1 aliphatic rings. The summed E-state index contributed by atoms with van der Waals surface area (Å²) in [5.41, 5.74) is 0.970. The molecule has 1 amide bonds. The van der Waals surface area contributed by atoms with Crippen molar-refractivity contribution in [2.24, 2.45) is 0 Å². The Morgan fingerprint density at radius 3 is 2.76 bits per heavy atom. The van der Waals surface area contributed by atoms with Gasteiger partial charge in [-0.3, -0.25) is 14.5 Å². The zero-order valence-electron chi connectivity index (χ0n) is 13.9. The molecular formula is C17H18N2O5S. The van der Waals surface area contributed by atoms with Crippen molar-refractivity contribution in [3.63, 3.8) is 0 Å². The van der Waals surface area contributed by atoms with Crippen LogP contribution in [0.5, 0.6) is 11.5 Å². The Morgan fingerprint density at radius 2 is 2.12 bits per heavy atom. The number of hydrogen-bond donors (Lipinski definition) is 1. The second-order valence-corrected chi connectivity index (χ2v) is 5.35. The normalized spacial score (nSPS) is 15.1. The number of benzene rings is 1. The van der Waals surface area contributed by atoms with Crippen molar-refractivity contribution in [1.82, 2.24) is 10.2 Å². The molecule has 0 saturated carbocycles. The summed E-state index contributed by atoms with van der Waals surface area (Å²) in [4.78, 5) is 24.9. The summed E-state index contributed by atoms with van der Waals surface area (Å²) in [5.74, 6) is 0.138. The van der Waals surface area contributed by atoms with Crippen molar-refractivity contribution >= 4 is 35.3 Å². The molecule has 0 radical (unpaired) electrons. The minimum Gasteiger partial charge on any atom is -0.493 e. The molecule has 1 aliphatic heterocycles. The summed E-state index contributed by atoms with van der Waals surface area (Å²) in [6.45, 7) is 3.71. The van der Waals surface area contributed by atoms with E-state index in [0.29, 0.717) is 23.7 Å². The minimum atomic E-state index is -0.552. The molecule has 0 aliphatic carbocycles. The SMILES string of the molecule is C=CCOc1ccc(/C=C2\NC(=S)N(CC(=O)OC)C2=O)cc1OC. The van der Waals surface area contributed by atoms with Gasteiger partial charge in [0.1, 0.15) is 18.8 Å². The number of methoxy groups -OCH3 is 2. The number of carbonyl (C=O) groups is 2.